The maximum atomic E-state index is 12.6. The monoisotopic (exact) mass is 368 g/mol. The van der Waals surface area contributed by atoms with Gasteiger partial charge in [0.2, 0.25) is 11.8 Å². The minimum Gasteiger partial charge on any atom is -0.347 e. The van der Waals surface area contributed by atoms with Crippen LogP contribution >= 0.6 is 0 Å². The number of hydrogen-bond donors (Lipinski definition) is 2. The zero-order chi connectivity index (χ0) is 18.6. The number of carbonyl (C=O) groups is 2. The van der Waals surface area contributed by atoms with Gasteiger partial charge in [0, 0.05) is 24.9 Å². The molecule has 0 radical (unpaired) electrons. The third-order valence-electron chi connectivity index (χ3n) is 5.96. The number of nitrogens with zero attached hydrogens (tertiary/aromatic N) is 2. The minimum atomic E-state index is 0.0139. The summed E-state index contributed by atoms with van der Waals surface area (Å²) < 4.78 is 0. The summed E-state index contributed by atoms with van der Waals surface area (Å²) in [5.41, 5.74) is 2.01. The van der Waals surface area contributed by atoms with Gasteiger partial charge in [-0.3, -0.25) is 9.59 Å². The second kappa shape index (κ2) is 8.11. The van der Waals surface area contributed by atoms with Gasteiger partial charge in [0.1, 0.15) is 5.82 Å². The normalized spacial score (nSPS) is 21.3. The molecule has 0 bridgehead atoms. The standard InChI is InChI=1S/C21H28N4O2/c26-19(13-22-21(27)15-7-2-1-3-8-15)25-12-6-9-16(14-25)20-23-17-10-4-5-11-18(17)24-20/h4-5,10-11,15-16H,1-3,6-9,12-14H2,(H,22,27)(H,23,24)/t16-/m0/s1. The van der Waals surface area contributed by atoms with E-state index in [2.05, 4.69) is 10.3 Å². The number of rotatable bonds is 4. The number of H-pyrrole nitrogens is 1. The number of amides is 2. The third-order valence-corrected chi connectivity index (χ3v) is 5.96. The number of para-hydroxylation sites is 2. The van der Waals surface area contributed by atoms with Crippen LogP contribution in [0.15, 0.2) is 24.3 Å². The molecule has 0 spiro atoms. The Labute approximate surface area is 159 Å². The first kappa shape index (κ1) is 18.0. The summed E-state index contributed by atoms with van der Waals surface area (Å²) in [6, 6.07) is 8.01. The van der Waals surface area contributed by atoms with Crippen molar-refractivity contribution >= 4 is 22.8 Å². The van der Waals surface area contributed by atoms with E-state index in [1.807, 2.05) is 29.2 Å². The van der Waals surface area contributed by atoms with Crippen molar-refractivity contribution in [3.8, 4) is 0 Å². The summed E-state index contributed by atoms with van der Waals surface area (Å²) in [6.45, 7) is 1.54. The Morgan fingerprint density at radius 3 is 2.74 bits per heavy atom. The molecule has 1 saturated heterocycles. The van der Waals surface area contributed by atoms with Crippen LogP contribution in [0.5, 0.6) is 0 Å². The lowest BCUT2D eigenvalue weighted by Crippen LogP contribution is -2.45. The van der Waals surface area contributed by atoms with Crippen LogP contribution in [0.25, 0.3) is 11.0 Å². The molecule has 2 N–H and O–H groups in total. The molecule has 2 amide bonds. The van der Waals surface area contributed by atoms with Crippen molar-refractivity contribution in [2.75, 3.05) is 19.6 Å². The number of carbonyl (C=O) groups excluding carboxylic acids is 2. The number of aromatic amines is 1. The van der Waals surface area contributed by atoms with Gasteiger partial charge < -0.3 is 15.2 Å². The quantitative estimate of drug-likeness (QED) is 0.871. The fourth-order valence-electron chi connectivity index (χ4n) is 4.38. The second-order valence-corrected chi connectivity index (χ2v) is 7.87. The van der Waals surface area contributed by atoms with Crippen LogP contribution in [0.2, 0.25) is 0 Å². The van der Waals surface area contributed by atoms with Gasteiger partial charge in [0.25, 0.3) is 0 Å². The van der Waals surface area contributed by atoms with Crippen LogP contribution < -0.4 is 5.32 Å². The highest BCUT2D eigenvalue weighted by Crippen LogP contribution is 2.27. The van der Waals surface area contributed by atoms with Gasteiger partial charge in [-0.15, -0.1) is 0 Å². The first-order valence-corrected chi connectivity index (χ1v) is 10.2. The zero-order valence-electron chi connectivity index (χ0n) is 15.7. The number of hydrogen-bond acceptors (Lipinski definition) is 3. The molecule has 1 atom stereocenters. The first-order valence-electron chi connectivity index (χ1n) is 10.2. The molecule has 2 heterocycles. The van der Waals surface area contributed by atoms with Gasteiger partial charge in [0.05, 0.1) is 17.6 Å². The van der Waals surface area contributed by atoms with Gasteiger partial charge in [-0.2, -0.15) is 0 Å². The molecule has 1 saturated carbocycles. The SMILES string of the molecule is O=C(NCC(=O)N1CCC[C@H](c2nc3ccccc3[nH]2)C1)C1CCCCC1. The Hall–Kier alpha value is -2.37. The van der Waals surface area contributed by atoms with E-state index in [1.54, 1.807) is 0 Å². The van der Waals surface area contributed by atoms with Crippen molar-refractivity contribution in [3.63, 3.8) is 0 Å². The van der Waals surface area contributed by atoms with Crippen molar-refractivity contribution in [3.05, 3.63) is 30.1 Å². The van der Waals surface area contributed by atoms with Crippen LogP contribution in [0.3, 0.4) is 0 Å². The highest BCUT2D eigenvalue weighted by atomic mass is 16.2. The molecule has 1 aliphatic heterocycles. The van der Waals surface area contributed by atoms with E-state index in [0.29, 0.717) is 6.54 Å². The van der Waals surface area contributed by atoms with Crippen LogP contribution in [-0.4, -0.2) is 46.3 Å². The van der Waals surface area contributed by atoms with Gasteiger partial charge in [0.15, 0.2) is 0 Å². The van der Waals surface area contributed by atoms with E-state index in [4.69, 9.17) is 4.98 Å². The average Bonchev–Trinajstić information content (AvgIpc) is 3.17. The molecule has 2 fully saturated rings. The Morgan fingerprint density at radius 2 is 1.93 bits per heavy atom. The summed E-state index contributed by atoms with van der Waals surface area (Å²) in [4.78, 5) is 34.9. The third kappa shape index (κ3) is 4.15. The van der Waals surface area contributed by atoms with E-state index in [-0.39, 0.29) is 30.2 Å². The topological polar surface area (TPSA) is 78.1 Å². The smallest absolute Gasteiger partial charge is 0.241 e. The number of likely N-dealkylation sites (tertiary alicyclic amines) is 1. The van der Waals surface area contributed by atoms with Crippen LogP contribution in [0.1, 0.15) is 56.7 Å². The minimum absolute atomic E-state index is 0.0139. The molecule has 6 nitrogen and oxygen atoms in total. The zero-order valence-corrected chi connectivity index (χ0v) is 15.7. The summed E-state index contributed by atoms with van der Waals surface area (Å²) in [6.07, 6.45) is 7.37. The van der Waals surface area contributed by atoms with Crippen molar-refractivity contribution in [2.24, 2.45) is 5.92 Å². The molecule has 1 aromatic carbocycles. The van der Waals surface area contributed by atoms with Crippen molar-refractivity contribution in [1.82, 2.24) is 20.2 Å². The van der Waals surface area contributed by atoms with E-state index >= 15 is 0 Å². The number of benzene rings is 1. The van der Waals surface area contributed by atoms with Crippen molar-refractivity contribution in [1.29, 1.82) is 0 Å². The van der Waals surface area contributed by atoms with Crippen LogP contribution in [0.4, 0.5) is 0 Å². The maximum Gasteiger partial charge on any atom is 0.241 e. The van der Waals surface area contributed by atoms with Crippen molar-refractivity contribution in [2.45, 2.75) is 50.9 Å². The van der Waals surface area contributed by atoms with Crippen molar-refractivity contribution < 1.29 is 9.59 Å². The van der Waals surface area contributed by atoms with Gasteiger partial charge in [-0.05, 0) is 37.8 Å². The fourth-order valence-corrected chi connectivity index (χ4v) is 4.38. The number of aromatic nitrogens is 2. The summed E-state index contributed by atoms with van der Waals surface area (Å²) in [7, 11) is 0. The number of piperidine rings is 1. The number of fused-ring (bicyclic) bond motifs is 1. The van der Waals surface area contributed by atoms with Crippen LogP contribution in [0, 0.1) is 5.92 Å². The molecule has 1 aromatic heterocycles. The second-order valence-electron chi connectivity index (χ2n) is 7.87. The molecule has 2 aliphatic rings. The summed E-state index contributed by atoms with van der Waals surface area (Å²) in [5, 5.41) is 2.87. The Bertz CT molecular complexity index is 776. The average molecular weight is 368 g/mol. The highest BCUT2D eigenvalue weighted by Gasteiger charge is 2.27. The molecule has 6 heteroatoms. The van der Waals surface area contributed by atoms with Gasteiger partial charge in [-0.25, -0.2) is 4.98 Å². The molecule has 2 aromatic rings. The maximum absolute atomic E-state index is 12.6. The molecular weight excluding hydrogens is 340 g/mol. The van der Waals surface area contributed by atoms with E-state index < -0.39 is 0 Å². The van der Waals surface area contributed by atoms with E-state index in [9.17, 15) is 9.59 Å². The van der Waals surface area contributed by atoms with Gasteiger partial charge in [-0.1, -0.05) is 31.4 Å². The van der Waals surface area contributed by atoms with E-state index in [1.165, 1.54) is 6.42 Å². The Balaban J connectivity index is 1.33. The largest absolute Gasteiger partial charge is 0.347 e. The van der Waals surface area contributed by atoms with Gasteiger partial charge >= 0.3 is 0 Å². The molecule has 4 rings (SSSR count). The molecular formula is C21H28N4O2. The molecule has 0 unspecified atom stereocenters. The molecule has 1 aliphatic carbocycles. The first-order chi connectivity index (χ1) is 13.2. The summed E-state index contributed by atoms with van der Waals surface area (Å²) in [5.74, 6) is 1.34. The lowest BCUT2D eigenvalue weighted by molar-refractivity contribution is -0.135. The van der Waals surface area contributed by atoms with E-state index in [0.717, 1.165) is 61.9 Å². The Morgan fingerprint density at radius 1 is 1.11 bits per heavy atom. The predicted molar refractivity (Wildman–Crippen MR) is 104 cm³/mol. The molecule has 27 heavy (non-hydrogen) atoms. The number of nitrogens with one attached hydrogen (secondary N) is 2. The Kier molecular flexibility index (Phi) is 5.41. The predicted octanol–water partition coefficient (Wildman–Crippen LogP) is 2.97. The summed E-state index contributed by atoms with van der Waals surface area (Å²) >= 11 is 0. The lowest BCUT2D eigenvalue weighted by atomic mass is 9.89. The highest BCUT2D eigenvalue weighted by molar-refractivity contribution is 5.86. The lowest BCUT2D eigenvalue weighted by Gasteiger charge is -2.32. The number of imidazole rings is 1. The fraction of sp³-hybridized carbons (Fsp3) is 0.571. The molecule has 144 valence electrons. The van der Waals surface area contributed by atoms with Crippen LogP contribution in [-0.2, 0) is 9.59 Å².